The molecule has 1 N–H and O–H groups in total. The average molecular weight is 616 g/mol. The third kappa shape index (κ3) is 8.62. The monoisotopic (exact) mass is 615 g/mol. The minimum absolute atomic E-state index is 0.0272. The first kappa shape index (κ1) is 32.8. The first-order chi connectivity index (χ1) is 20.1. The Kier molecular flexibility index (Phi) is 12.1. The zero-order chi connectivity index (χ0) is 30.7. The number of nitrogens with zero attached hydrogens (tertiary/aromatic N) is 2. The van der Waals surface area contributed by atoms with E-state index in [0.717, 1.165) is 22.7 Å². The number of methoxy groups -OCH3 is 1. The van der Waals surface area contributed by atoms with E-state index in [1.165, 1.54) is 29.2 Å². The summed E-state index contributed by atoms with van der Waals surface area (Å²) in [7, 11) is -2.64. The van der Waals surface area contributed by atoms with Gasteiger partial charge in [0.2, 0.25) is 11.8 Å². The summed E-state index contributed by atoms with van der Waals surface area (Å²) >= 11 is 6.01. The minimum Gasteiger partial charge on any atom is -0.497 e. The highest BCUT2D eigenvalue weighted by atomic mass is 35.5. The van der Waals surface area contributed by atoms with E-state index in [0.29, 0.717) is 29.7 Å². The van der Waals surface area contributed by atoms with E-state index in [1.54, 1.807) is 62.6 Å². The van der Waals surface area contributed by atoms with Gasteiger partial charge in [0.05, 0.1) is 24.3 Å². The van der Waals surface area contributed by atoms with Crippen LogP contribution in [0.15, 0.2) is 77.7 Å². The van der Waals surface area contributed by atoms with Crippen LogP contribution < -0.4 is 19.1 Å². The van der Waals surface area contributed by atoms with E-state index >= 15 is 0 Å². The maximum Gasteiger partial charge on any atom is 0.264 e. The molecule has 3 aromatic rings. The van der Waals surface area contributed by atoms with E-state index in [-0.39, 0.29) is 23.0 Å². The number of hydrogen-bond donors (Lipinski definition) is 1. The van der Waals surface area contributed by atoms with E-state index in [2.05, 4.69) is 5.32 Å². The molecular formula is C31H38ClN3O6S. The Morgan fingerprint density at radius 2 is 1.55 bits per heavy atom. The van der Waals surface area contributed by atoms with Crippen LogP contribution in [0.3, 0.4) is 0 Å². The molecule has 226 valence electrons. The second-order valence-corrected chi connectivity index (χ2v) is 11.9. The van der Waals surface area contributed by atoms with Gasteiger partial charge in [-0.05, 0) is 86.5 Å². The van der Waals surface area contributed by atoms with Crippen LogP contribution in [-0.2, 0) is 26.2 Å². The van der Waals surface area contributed by atoms with Crippen molar-refractivity contribution in [3.05, 3.63) is 83.4 Å². The predicted molar refractivity (Wildman–Crippen MR) is 165 cm³/mol. The fraction of sp³-hybridized carbons (Fsp3) is 0.355. The average Bonchev–Trinajstić information content (AvgIpc) is 2.99. The van der Waals surface area contributed by atoms with Crippen LogP contribution in [-0.4, -0.2) is 58.0 Å². The van der Waals surface area contributed by atoms with Crippen molar-refractivity contribution in [2.75, 3.05) is 31.1 Å². The summed E-state index contributed by atoms with van der Waals surface area (Å²) < 4.78 is 39.6. The van der Waals surface area contributed by atoms with Gasteiger partial charge in [-0.25, -0.2) is 8.42 Å². The number of rotatable bonds is 15. The predicted octanol–water partition coefficient (Wildman–Crippen LogP) is 5.28. The second-order valence-electron chi connectivity index (χ2n) is 9.58. The molecule has 0 aliphatic carbocycles. The van der Waals surface area contributed by atoms with Crippen molar-refractivity contribution in [2.24, 2.45) is 0 Å². The lowest BCUT2D eigenvalue weighted by atomic mass is 10.1. The molecule has 0 aromatic heterocycles. The highest BCUT2D eigenvalue weighted by Gasteiger charge is 2.32. The SMILES string of the molecule is CCCCNC(=O)[C@H](C)N(Cc1ccc(OC)cc1)C(=O)CN(c1ccc(OCC)cc1)S(=O)(=O)c1ccc(Cl)cc1. The lowest BCUT2D eigenvalue weighted by Gasteiger charge is -2.32. The number of amides is 2. The van der Waals surface area contributed by atoms with Crippen LogP contribution in [0.25, 0.3) is 0 Å². The molecule has 0 saturated carbocycles. The Balaban J connectivity index is 2.00. The molecule has 3 aromatic carbocycles. The van der Waals surface area contributed by atoms with Gasteiger partial charge in [0.15, 0.2) is 0 Å². The van der Waals surface area contributed by atoms with Gasteiger partial charge in [0, 0.05) is 18.1 Å². The van der Waals surface area contributed by atoms with Crippen molar-refractivity contribution in [2.45, 2.75) is 51.1 Å². The van der Waals surface area contributed by atoms with E-state index in [9.17, 15) is 18.0 Å². The standard InChI is InChI=1S/C31H38ClN3O6S/c1-5-7-20-33-31(37)23(3)34(21-24-8-14-27(40-4)15-9-24)30(36)22-35(26-12-16-28(17-13-26)41-6-2)42(38,39)29-18-10-25(32)11-19-29/h8-19,23H,5-7,20-22H2,1-4H3,(H,33,37)/t23-/m0/s1. The Morgan fingerprint density at radius 3 is 2.12 bits per heavy atom. The van der Waals surface area contributed by atoms with Crippen molar-refractivity contribution in [3.8, 4) is 11.5 Å². The molecule has 0 fully saturated rings. The molecule has 9 nitrogen and oxygen atoms in total. The van der Waals surface area contributed by atoms with Crippen LogP contribution in [0, 0.1) is 0 Å². The fourth-order valence-corrected chi connectivity index (χ4v) is 5.72. The summed E-state index contributed by atoms with van der Waals surface area (Å²) in [5.41, 5.74) is 1.02. The van der Waals surface area contributed by atoms with Gasteiger partial charge in [0.1, 0.15) is 24.1 Å². The molecule has 11 heteroatoms. The van der Waals surface area contributed by atoms with Crippen LogP contribution in [0.4, 0.5) is 5.69 Å². The molecule has 0 unspecified atom stereocenters. The highest BCUT2D eigenvalue weighted by Crippen LogP contribution is 2.27. The topological polar surface area (TPSA) is 105 Å². The summed E-state index contributed by atoms with van der Waals surface area (Å²) in [6, 6.07) is 18.5. The summed E-state index contributed by atoms with van der Waals surface area (Å²) in [6.45, 7) is 5.98. The molecule has 0 aliphatic rings. The number of hydrogen-bond acceptors (Lipinski definition) is 6. The third-order valence-electron chi connectivity index (χ3n) is 6.63. The summed E-state index contributed by atoms with van der Waals surface area (Å²) in [5.74, 6) is 0.349. The van der Waals surface area contributed by atoms with Crippen molar-refractivity contribution < 1.29 is 27.5 Å². The first-order valence-electron chi connectivity index (χ1n) is 13.8. The number of ether oxygens (including phenoxy) is 2. The van der Waals surface area contributed by atoms with E-state index in [4.69, 9.17) is 21.1 Å². The second kappa shape index (κ2) is 15.5. The Bertz CT molecular complexity index is 1410. The van der Waals surface area contributed by atoms with Gasteiger partial charge in [-0.1, -0.05) is 37.1 Å². The van der Waals surface area contributed by atoms with E-state index in [1.807, 2.05) is 13.8 Å². The first-order valence-corrected chi connectivity index (χ1v) is 15.6. The zero-order valence-electron chi connectivity index (χ0n) is 24.4. The van der Waals surface area contributed by atoms with Crippen LogP contribution in [0.5, 0.6) is 11.5 Å². The van der Waals surface area contributed by atoms with E-state index < -0.39 is 28.5 Å². The van der Waals surface area contributed by atoms with Gasteiger partial charge in [0.25, 0.3) is 10.0 Å². The quantitative estimate of drug-likeness (QED) is 0.233. The molecule has 0 spiro atoms. The molecular weight excluding hydrogens is 578 g/mol. The summed E-state index contributed by atoms with van der Waals surface area (Å²) in [4.78, 5) is 28.4. The van der Waals surface area contributed by atoms with Crippen molar-refractivity contribution in [1.29, 1.82) is 0 Å². The largest absolute Gasteiger partial charge is 0.497 e. The molecule has 0 saturated heterocycles. The molecule has 0 bridgehead atoms. The van der Waals surface area contributed by atoms with Crippen molar-refractivity contribution in [1.82, 2.24) is 10.2 Å². The fourth-order valence-electron chi connectivity index (χ4n) is 4.18. The minimum atomic E-state index is -4.20. The molecule has 0 aliphatic heterocycles. The van der Waals surface area contributed by atoms with Gasteiger partial charge >= 0.3 is 0 Å². The van der Waals surface area contributed by atoms with Crippen LogP contribution >= 0.6 is 11.6 Å². The number of sulfonamides is 1. The number of carbonyl (C=O) groups excluding carboxylic acids is 2. The lowest BCUT2D eigenvalue weighted by Crippen LogP contribution is -2.51. The molecule has 42 heavy (non-hydrogen) atoms. The number of anilines is 1. The summed E-state index contributed by atoms with van der Waals surface area (Å²) in [6.07, 6.45) is 1.71. The third-order valence-corrected chi connectivity index (χ3v) is 8.67. The number of carbonyl (C=O) groups is 2. The normalized spacial score (nSPS) is 11.8. The number of halogens is 1. The van der Waals surface area contributed by atoms with Gasteiger partial charge in [-0.3, -0.25) is 13.9 Å². The smallest absolute Gasteiger partial charge is 0.264 e. The molecule has 1 atom stereocenters. The number of benzene rings is 3. The number of unbranched alkanes of at least 4 members (excludes halogenated alkanes) is 1. The maximum absolute atomic E-state index is 14.0. The Morgan fingerprint density at radius 1 is 0.929 bits per heavy atom. The van der Waals surface area contributed by atoms with Crippen molar-refractivity contribution >= 4 is 39.1 Å². The van der Waals surface area contributed by atoms with Crippen molar-refractivity contribution in [3.63, 3.8) is 0 Å². The highest BCUT2D eigenvalue weighted by molar-refractivity contribution is 7.92. The zero-order valence-corrected chi connectivity index (χ0v) is 26.0. The molecule has 2 amide bonds. The molecule has 0 radical (unpaired) electrons. The summed E-state index contributed by atoms with van der Waals surface area (Å²) in [5, 5.41) is 3.26. The molecule has 3 rings (SSSR count). The molecule has 0 heterocycles. The number of nitrogens with one attached hydrogen (secondary N) is 1. The lowest BCUT2D eigenvalue weighted by molar-refractivity contribution is -0.139. The Labute approximate surface area is 253 Å². The van der Waals surface area contributed by atoms with Crippen LogP contribution in [0.1, 0.15) is 39.2 Å². The Hall–Kier alpha value is -3.76. The van der Waals surface area contributed by atoms with Gasteiger partial charge < -0.3 is 19.7 Å². The maximum atomic E-state index is 14.0. The van der Waals surface area contributed by atoms with Gasteiger partial charge in [-0.2, -0.15) is 0 Å². The van der Waals surface area contributed by atoms with Crippen LogP contribution in [0.2, 0.25) is 5.02 Å². The van der Waals surface area contributed by atoms with Gasteiger partial charge in [-0.15, -0.1) is 0 Å².